The minimum absolute atomic E-state index is 0.116. The molecule has 4 aromatic carbocycles. The maximum Gasteiger partial charge on any atom is 0.264 e. The molecule has 0 fully saturated rings. The third-order valence-electron chi connectivity index (χ3n) is 5.28. The van der Waals surface area contributed by atoms with Crippen molar-refractivity contribution >= 4 is 21.5 Å². The van der Waals surface area contributed by atoms with Crippen LogP contribution in [0.4, 0.5) is 5.69 Å². The summed E-state index contributed by atoms with van der Waals surface area (Å²) < 4.78 is 28.7. The summed E-state index contributed by atoms with van der Waals surface area (Å²) in [5.41, 5.74) is 3.07. The summed E-state index contributed by atoms with van der Waals surface area (Å²) in [4.78, 5) is 13.2. The van der Waals surface area contributed by atoms with E-state index in [9.17, 15) is 13.2 Å². The SMILES string of the molecule is Cc1ccc(S(=O)(=O)N(CC(=O)c2ccccc2)c2ccccc2C#Cc2ccccc2)cc1. The van der Waals surface area contributed by atoms with Gasteiger partial charge in [0, 0.05) is 16.7 Å². The highest BCUT2D eigenvalue weighted by atomic mass is 32.2. The van der Waals surface area contributed by atoms with Gasteiger partial charge in [0.1, 0.15) is 0 Å². The van der Waals surface area contributed by atoms with Gasteiger partial charge in [-0.25, -0.2) is 8.42 Å². The largest absolute Gasteiger partial charge is 0.292 e. The molecule has 4 rings (SSSR count). The number of anilines is 1. The summed E-state index contributed by atoms with van der Waals surface area (Å²) in [6.07, 6.45) is 0. The number of Topliss-reactive ketones (excluding diaryl/α,β-unsaturated/α-hetero) is 1. The van der Waals surface area contributed by atoms with E-state index in [0.29, 0.717) is 16.8 Å². The lowest BCUT2D eigenvalue weighted by Gasteiger charge is -2.25. The summed E-state index contributed by atoms with van der Waals surface area (Å²) in [7, 11) is -4.03. The van der Waals surface area contributed by atoms with Gasteiger partial charge in [-0.2, -0.15) is 0 Å². The molecular weight excluding hydrogens is 442 g/mol. The minimum atomic E-state index is -4.03. The zero-order valence-electron chi connectivity index (χ0n) is 18.7. The second-order valence-corrected chi connectivity index (χ2v) is 9.61. The number of nitrogens with zero attached hydrogens (tertiary/aromatic N) is 1. The molecule has 0 atom stereocenters. The average molecular weight is 466 g/mol. The molecule has 4 aromatic rings. The summed E-state index contributed by atoms with van der Waals surface area (Å²) in [5, 5.41) is 0. The first-order valence-corrected chi connectivity index (χ1v) is 12.2. The minimum Gasteiger partial charge on any atom is -0.292 e. The van der Waals surface area contributed by atoms with Crippen LogP contribution in [0.5, 0.6) is 0 Å². The van der Waals surface area contributed by atoms with Gasteiger partial charge in [0.2, 0.25) is 0 Å². The number of aryl methyl sites for hydroxylation is 1. The Morgan fingerprint density at radius 2 is 1.32 bits per heavy atom. The van der Waals surface area contributed by atoms with E-state index in [0.717, 1.165) is 15.4 Å². The fourth-order valence-corrected chi connectivity index (χ4v) is 4.88. The Morgan fingerprint density at radius 1 is 0.735 bits per heavy atom. The van der Waals surface area contributed by atoms with Gasteiger partial charge in [-0.1, -0.05) is 90.2 Å². The molecule has 0 N–H and O–H groups in total. The Hall–Kier alpha value is -4.14. The van der Waals surface area contributed by atoms with E-state index in [1.54, 1.807) is 72.8 Å². The van der Waals surface area contributed by atoms with Crippen LogP contribution in [-0.2, 0) is 10.0 Å². The normalized spacial score (nSPS) is 10.7. The Morgan fingerprint density at radius 3 is 2.00 bits per heavy atom. The van der Waals surface area contributed by atoms with Gasteiger partial charge < -0.3 is 0 Å². The first-order valence-electron chi connectivity index (χ1n) is 10.8. The molecule has 34 heavy (non-hydrogen) atoms. The van der Waals surface area contributed by atoms with E-state index in [2.05, 4.69) is 11.8 Å². The number of hydrogen-bond donors (Lipinski definition) is 0. The lowest BCUT2D eigenvalue weighted by molar-refractivity contribution is 0.100. The van der Waals surface area contributed by atoms with Crippen LogP contribution in [0.15, 0.2) is 114 Å². The third-order valence-corrected chi connectivity index (χ3v) is 7.05. The molecule has 0 aliphatic rings. The number of hydrogen-bond acceptors (Lipinski definition) is 3. The van der Waals surface area contributed by atoms with E-state index in [4.69, 9.17) is 0 Å². The van der Waals surface area contributed by atoms with Crippen molar-refractivity contribution in [3.05, 3.63) is 131 Å². The molecule has 4 nitrogen and oxygen atoms in total. The highest BCUT2D eigenvalue weighted by molar-refractivity contribution is 7.92. The molecule has 0 saturated heterocycles. The highest BCUT2D eigenvalue weighted by Gasteiger charge is 2.29. The van der Waals surface area contributed by atoms with Crippen LogP contribution >= 0.6 is 0 Å². The van der Waals surface area contributed by atoms with Crippen molar-refractivity contribution in [2.75, 3.05) is 10.8 Å². The van der Waals surface area contributed by atoms with Crippen molar-refractivity contribution in [3.8, 4) is 11.8 Å². The van der Waals surface area contributed by atoms with Gasteiger partial charge in [-0.05, 0) is 43.3 Å². The lowest BCUT2D eigenvalue weighted by Crippen LogP contribution is -2.36. The molecule has 168 valence electrons. The van der Waals surface area contributed by atoms with Crippen LogP contribution in [0.25, 0.3) is 0 Å². The molecule has 0 radical (unpaired) electrons. The topological polar surface area (TPSA) is 54.5 Å². The number of sulfonamides is 1. The number of rotatable bonds is 6. The zero-order chi connectivity index (χ0) is 24.0. The summed E-state index contributed by atoms with van der Waals surface area (Å²) in [5.74, 6) is 5.87. The van der Waals surface area contributed by atoms with E-state index < -0.39 is 10.0 Å². The number of ketones is 1. The maximum absolute atomic E-state index is 13.8. The van der Waals surface area contributed by atoms with Crippen LogP contribution in [0.1, 0.15) is 27.0 Å². The van der Waals surface area contributed by atoms with Gasteiger partial charge in [-0.3, -0.25) is 9.10 Å². The molecule has 0 aliphatic heterocycles. The smallest absolute Gasteiger partial charge is 0.264 e. The van der Waals surface area contributed by atoms with E-state index in [1.165, 1.54) is 0 Å². The van der Waals surface area contributed by atoms with Crippen LogP contribution in [0, 0.1) is 18.8 Å². The quantitative estimate of drug-likeness (QED) is 0.280. The number of carbonyl (C=O) groups excluding carboxylic acids is 1. The van der Waals surface area contributed by atoms with E-state index in [-0.39, 0.29) is 17.2 Å². The standard InChI is InChI=1S/C29H23NO3S/c1-23-16-20-27(21-17-23)34(32,33)30(22-29(31)26-13-6-3-7-14-26)28-15-9-8-12-25(28)19-18-24-10-4-2-5-11-24/h2-17,20-21H,22H2,1H3. The molecule has 0 amide bonds. The van der Waals surface area contributed by atoms with Crippen molar-refractivity contribution in [3.63, 3.8) is 0 Å². The fraction of sp³-hybridized carbons (Fsp3) is 0.0690. The van der Waals surface area contributed by atoms with Crippen molar-refractivity contribution in [2.24, 2.45) is 0 Å². The Kier molecular flexibility index (Phi) is 6.91. The number of carbonyl (C=O) groups is 1. The Balaban J connectivity index is 1.81. The molecule has 0 unspecified atom stereocenters. The van der Waals surface area contributed by atoms with Crippen molar-refractivity contribution in [2.45, 2.75) is 11.8 Å². The van der Waals surface area contributed by atoms with Crippen LogP contribution in [0.3, 0.4) is 0 Å². The average Bonchev–Trinajstić information content (AvgIpc) is 2.87. The summed E-state index contributed by atoms with van der Waals surface area (Å²) in [6.45, 7) is 1.55. The van der Waals surface area contributed by atoms with E-state index >= 15 is 0 Å². The molecule has 0 bridgehead atoms. The molecule has 0 spiro atoms. The van der Waals surface area contributed by atoms with Crippen molar-refractivity contribution in [1.29, 1.82) is 0 Å². The summed E-state index contributed by atoms with van der Waals surface area (Å²) in [6, 6.07) is 31.7. The molecule has 0 heterocycles. The molecule has 0 aliphatic carbocycles. The number of benzene rings is 4. The van der Waals surface area contributed by atoms with Gasteiger partial charge in [0.15, 0.2) is 5.78 Å². The van der Waals surface area contributed by atoms with E-state index in [1.807, 2.05) is 43.3 Å². The summed E-state index contributed by atoms with van der Waals surface area (Å²) >= 11 is 0. The van der Waals surface area contributed by atoms with Crippen LogP contribution in [-0.4, -0.2) is 20.7 Å². The Bertz CT molecular complexity index is 1450. The maximum atomic E-state index is 13.8. The lowest BCUT2D eigenvalue weighted by atomic mass is 10.1. The van der Waals surface area contributed by atoms with Gasteiger partial charge >= 0.3 is 0 Å². The van der Waals surface area contributed by atoms with Crippen molar-refractivity contribution < 1.29 is 13.2 Å². The first-order chi connectivity index (χ1) is 16.4. The van der Waals surface area contributed by atoms with Gasteiger partial charge in [0.05, 0.1) is 17.1 Å². The Labute approximate surface area is 200 Å². The second kappa shape index (κ2) is 10.2. The predicted molar refractivity (Wildman–Crippen MR) is 135 cm³/mol. The highest BCUT2D eigenvalue weighted by Crippen LogP contribution is 2.27. The van der Waals surface area contributed by atoms with Crippen LogP contribution < -0.4 is 4.31 Å². The third kappa shape index (κ3) is 5.25. The number of para-hydroxylation sites is 1. The first kappa shape index (κ1) is 23.0. The van der Waals surface area contributed by atoms with Crippen LogP contribution in [0.2, 0.25) is 0 Å². The van der Waals surface area contributed by atoms with Gasteiger partial charge in [0.25, 0.3) is 10.0 Å². The molecule has 0 saturated carbocycles. The zero-order valence-corrected chi connectivity index (χ0v) is 19.5. The predicted octanol–water partition coefficient (Wildman–Crippen LogP) is 5.47. The molecular formula is C29H23NO3S. The monoisotopic (exact) mass is 465 g/mol. The van der Waals surface area contributed by atoms with Gasteiger partial charge in [-0.15, -0.1) is 0 Å². The van der Waals surface area contributed by atoms with Crippen molar-refractivity contribution in [1.82, 2.24) is 0 Å². The second-order valence-electron chi connectivity index (χ2n) is 7.75. The fourth-order valence-electron chi connectivity index (χ4n) is 3.44. The molecule has 5 heteroatoms. The molecule has 0 aromatic heterocycles.